The van der Waals surface area contributed by atoms with Gasteiger partial charge in [-0.15, -0.1) is 0 Å². The van der Waals surface area contributed by atoms with Crippen LogP contribution in [0, 0.1) is 5.41 Å². The van der Waals surface area contributed by atoms with Gasteiger partial charge in [-0.25, -0.2) is 0 Å². The van der Waals surface area contributed by atoms with Crippen molar-refractivity contribution < 1.29 is 9.47 Å². The first kappa shape index (κ1) is 10.9. The molecule has 1 saturated heterocycles. The number of benzene rings is 1. The lowest BCUT2D eigenvalue weighted by Gasteiger charge is -2.40. The summed E-state index contributed by atoms with van der Waals surface area (Å²) in [5, 5.41) is 3.45. The molecule has 2 aliphatic heterocycles. The minimum Gasteiger partial charge on any atom is -0.493 e. The maximum absolute atomic E-state index is 5.78. The first-order valence-electron chi connectivity index (χ1n) is 6.09. The van der Waals surface area contributed by atoms with Crippen LogP contribution in [0.25, 0.3) is 0 Å². The van der Waals surface area contributed by atoms with Gasteiger partial charge >= 0.3 is 0 Å². The summed E-state index contributed by atoms with van der Waals surface area (Å²) in [6.07, 6.45) is 1.01. The molecular formula is C13H18N2O2. The van der Waals surface area contributed by atoms with E-state index in [2.05, 4.69) is 17.4 Å². The number of nitrogens with one attached hydrogen (secondary N) is 1. The molecule has 0 aliphatic carbocycles. The van der Waals surface area contributed by atoms with Crippen molar-refractivity contribution in [1.82, 2.24) is 0 Å². The number of ether oxygens (including phenoxy) is 2. The zero-order valence-electron chi connectivity index (χ0n) is 9.87. The van der Waals surface area contributed by atoms with E-state index in [-0.39, 0.29) is 5.41 Å². The van der Waals surface area contributed by atoms with Crippen molar-refractivity contribution in [2.75, 3.05) is 38.2 Å². The Morgan fingerprint density at radius 2 is 2.24 bits per heavy atom. The number of hydrogen-bond acceptors (Lipinski definition) is 4. The van der Waals surface area contributed by atoms with Gasteiger partial charge in [-0.3, -0.25) is 0 Å². The van der Waals surface area contributed by atoms with E-state index < -0.39 is 0 Å². The van der Waals surface area contributed by atoms with E-state index >= 15 is 0 Å². The highest BCUT2D eigenvalue weighted by atomic mass is 16.5. The molecule has 2 aliphatic rings. The van der Waals surface area contributed by atoms with Gasteiger partial charge in [-0.2, -0.15) is 0 Å². The van der Waals surface area contributed by atoms with E-state index in [1.54, 1.807) is 0 Å². The van der Waals surface area contributed by atoms with Gasteiger partial charge in [0.1, 0.15) is 5.75 Å². The Labute approximate surface area is 101 Å². The summed E-state index contributed by atoms with van der Waals surface area (Å²) in [7, 11) is 0. The first-order valence-corrected chi connectivity index (χ1v) is 6.09. The lowest BCUT2D eigenvalue weighted by atomic mass is 9.86. The molecule has 3 rings (SSSR count). The zero-order chi connectivity index (χ0) is 11.7. The van der Waals surface area contributed by atoms with Gasteiger partial charge in [-0.05, 0) is 23.8 Å². The molecule has 4 heteroatoms. The second-order valence-corrected chi connectivity index (χ2v) is 4.97. The molecular weight excluding hydrogens is 216 g/mol. The highest BCUT2D eigenvalue weighted by Crippen LogP contribution is 2.30. The third-order valence-corrected chi connectivity index (χ3v) is 3.61. The van der Waals surface area contributed by atoms with Crippen LogP contribution in [-0.4, -0.2) is 32.9 Å². The third kappa shape index (κ3) is 1.98. The van der Waals surface area contributed by atoms with Crippen LogP contribution in [0.5, 0.6) is 5.75 Å². The molecule has 0 aromatic heterocycles. The summed E-state index contributed by atoms with van der Waals surface area (Å²) in [5.41, 5.74) is 8.36. The van der Waals surface area contributed by atoms with Gasteiger partial charge in [0.15, 0.2) is 0 Å². The average Bonchev–Trinajstić information content (AvgIpc) is 2.75. The highest BCUT2D eigenvalue weighted by molar-refractivity contribution is 5.52. The van der Waals surface area contributed by atoms with Gasteiger partial charge in [0, 0.05) is 30.6 Å². The lowest BCUT2D eigenvalue weighted by Crippen LogP contribution is -2.52. The van der Waals surface area contributed by atoms with Crippen LogP contribution in [0.3, 0.4) is 0 Å². The summed E-state index contributed by atoms with van der Waals surface area (Å²) in [4.78, 5) is 0. The Morgan fingerprint density at radius 3 is 2.94 bits per heavy atom. The summed E-state index contributed by atoms with van der Waals surface area (Å²) in [6.45, 7) is 3.89. The van der Waals surface area contributed by atoms with Crippen molar-refractivity contribution in [3.8, 4) is 5.75 Å². The number of nitrogens with two attached hydrogens (primary N) is 1. The summed E-state index contributed by atoms with van der Waals surface area (Å²) in [6, 6.07) is 6.27. The quantitative estimate of drug-likeness (QED) is 0.816. The first-order chi connectivity index (χ1) is 8.31. The largest absolute Gasteiger partial charge is 0.493 e. The second kappa shape index (κ2) is 4.20. The lowest BCUT2D eigenvalue weighted by molar-refractivity contribution is -0.0979. The molecule has 17 heavy (non-hydrogen) atoms. The SMILES string of the molecule is NCC1(CNc2ccc3c(c2)CCO3)COC1. The van der Waals surface area contributed by atoms with Crippen LogP contribution in [0.4, 0.5) is 5.69 Å². The zero-order valence-corrected chi connectivity index (χ0v) is 9.87. The highest BCUT2D eigenvalue weighted by Gasteiger charge is 2.36. The number of rotatable bonds is 4. The predicted octanol–water partition coefficient (Wildman–Crippen LogP) is 1.01. The van der Waals surface area contributed by atoms with Crippen LogP contribution in [0.2, 0.25) is 0 Å². The molecule has 1 aromatic rings. The monoisotopic (exact) mass is 234 g/mol. The van der Waals surface area contributed by atoms with Crippen LogP contribution in [-0.2, 0) is 11.2 Å². The minimum atomic E-state index is 0.134. The van der Waals surface area contributed by atoms with Gasteiger partial charge in [-0.1, -0.05) is 0 Å². The molecule has 0 amide bonds. The van der Waals surface area contributed by atoms with Crippen molar-refractivity contribution in [2.45, 2.75) is 6.42 Å². The molecule has 1 fully saturated rings. The van der Waals surface area contributed by atoms with Crippen molar-refractivity contribution in [3.05, 3.63) is 23.8 Å². The average molecular weight is 234 g/mol. The molecule has 2 heterocycles. The van der Waals surface area contributed by atoms with Crippen molar-refractivity contribution in [2.24, 2.45) is 11.1 Å². The van der Waals surface area contributed by atoms with Gasteiger partial charge in [0.05, 0.1) is 19.8 Å². The van der Waals surface area contributed by atoms with Gasteiger partial charge in [0.25, 0.3) is 0 Å². The molecule has 4 nitrogen and oxygen atoms in total. The van der Waals surface area contributed by atoms with Gasteiger partial charge < -0.3 is 20.5 Å². The minimum absolute atomic E-state index is 0.134. The van der Waals surface area contributed by atoms with Crippen LogP contribution >= 0.6 is 0 Å². The van der Waals surface area contributed by atoms with Crippen molar-refractivity contribution in [3.63, 3.8) is 0 Å². The van der Waals surface area contributed by atoms with Crippen LogP contribution in [0.15, 0.2) is 18.2 Å². The Hall–Kier alpha value is -1.26. The summed E-state index contributed by atoms with van der Waals surface area (Å²) in [5.74, 6) is 1.02. The Kier molecular flexibility index (Phi) is 2.68. The van der Waals surface area contributed by atoms with E-state index in [1.165, 1.54) is 5.56 Å². The fourth-order valence-electron chi connectivity index (χ4n) is 2.27. The maximum atomic E-state index is 5.78. The summed E-state index contributed by atoms with van der Waals surface area (Å²) < 4.78 is 10.7. The molecule has 1 aromatic carbocycles. The fourth-order valence-corrected chi connectivity index (χ4v) is 2.27. The number of anilines is 1. The molecule has 0 saturated carbocycles. The predicted molar refractivity (Wildman–Crippen MR) is 66.4 cm³/mol. The maximum Gasteiger partial charge on any atom is 0.122 e. The van der Waals surface area contributed by atoms with E-state index in [0.717, 1.165) is 44.2 Å². The molecule has 0 bridgehead atoms. The third-order valence-electron chi connectivity index (χ3n) is 3.61. The van der Waals surface area contributed by atoms with E-state index in [9.17, 15) is 0 Å². The molecule has 0 spiro atoms. The smallest absolute Gasteiger partial charge is 0.122 e. The van der Waals surface area contributed by atoms with Crippen LogP contribution in [0.1, 0.15) is 5.56 Å². The standard InChI is InChI=1S/C13H18N2O2/c14-6-13(8-16-9-13)7-15-11-1-2-12-10(5-11)3-4-17-12/h1-2,5,15H,3-4,6-9,14H2. The fraction of sp³-hybridized carbons (Fsp3) is 0.538. The topological polar surface area (TPSA) is 56.5 Å². The molecule has 92 valence electrons. The van der Waals surface area contributed by atoms with Crippen molar-refractivity contribution in [1.29, 1.82) is 0 Å². The normalized spacial score (nSPS) is 20.3. The second-order valence-electron chi connectivity index (χ2n) is 4.97. The number of hydrogen-bond donors (Lipinski definition) is 2. The summed E-state index contributed by atoms with van der Waals surface area (Å²) >= 11 is 0. The van der Waals surface area contributed by atoms with Gasteiger partial charge in [0.2, 0.25) is 0 Å². The molecule has 0 radical (unpaired) electrons. The van der Waals surface area contributed by atoms with Crippen LogP contribution < -0.4 is 15.8 Å². The Balaban J connectivity index is 1.65. The van der Waals surface area contributed by atoms with E-state index in [0.29, 0.717) is 6.54 Å². The van der Waals surface area contributed by atoms with E-state index in [1.807, 2.05) is 6.07 Å². The van der Waals surface area contributed by atoms with E-state index in [4.69, 9.17) is 15.2 Å². The molecule has 0 unspecified atom stereocenters. The Bertz CT molecular complexity index is 410. The Morgan fingerprint density at radius 1 is 1.35 bits per heavy atom. The van der Waals surface area contributed by atoms with Crippen molar-refractivity contribution >= 4 is 5.69 Å². The molecule has 0 atom stereocenters. The number of fused-ring (bicyclic) bond motifs is 1. The molecule has 3 N–H and O–H groups in total.